The molecule has 27 heavy (non-hydrogen) atoms. The molecule has 1 aromatic heterocycles. The minimum atomic E-state index is -0.206. The number of hydrogen-bond donors (Lipinski definition) is 1. The quantitative estimate of drug-likeness (QED) is 0.625. The highest BCUT2D eigenvalue weighted by Gasteiger charge is 2.15. The van der Waals surface area contributed by atoms with Gasteiger partial charge < -0.3 is 19.5 Å². The van der Waals surface area contributed by atoms with E-state index in [1.165, 1.54) is 6.07 Å². The van der Waals surface area contributed by atoms with Crippen LogP contribution in [0.3, 0.4) is 0 Å². The van der Waals surface area contributed by atoms with Gasteiger partial charge in [-0.25, -0.2) is 9.37 Å². The van der Waals surface area contributed by atoms with Crippen molar-refractivity contribution in [2.75, 3.05) is 21.3 Å². The highest BCUT2D eigenvalue weighted by Crippen LogP contribution is 2.42. The molecule has 0 aliphatic carbocycles. The average Bonchev–Trinajstić information content (AvgIpc) is 3.17. The van der Waals surface area contributed by atoms with Crippen LogP contribution in [-0.2, 0) is 13.1 Å². The van der Waals surface area contributed by atoms with Gasteiger partial charge in [0.25, 0.3) is 0 Å². The van der Waals surface area contributed by atoms with Crippen LogP contribution in [0.2, 0.25) is 0 Å². The molecule has 0 saturated heterocycles. The van der Waals surface area contributed by atoms with Crippen LogP contribution in [0.4, 0.5) is 4.39 Å². The van der Waals surface area contributed by atoms with Crippen LogP contribution in [-0.4, -0.2) is 26.3 Å². The zero-order valence-electron chi connectivity index (χ0n) is 15.4. The summed E-state index contributed by atoms with van der Waals surface area (Å²) in [6.07, 6.45) is 1.81. The molecule has 0 radical (unpaired) electrons. The lowest BCUT2D eigenvalue weighted by Crippen LogP contribution is -2.13. The van der Waals surface area contributed by atoms with Crippen LogP contribution in [0.1, 0.15) is 10.6 Å². The molecule has 2 aromatic carbocycles. The van der Waals surface area contributed by atoms with E-state index < -0.39 is 0 Å². The van der Waals surface area contributed by atoms with Gasteiger partial charge in [-0.05, 0) is 18.2 Å². The molecule has 1 heterocycles. The smallest absolute Gasteiger partial charge is 0.203 e. The number of ether oxygens (including phenoxy) is 3. The fourth-order valence-corrected chi connectivity index (χ4v) is 3.57. The lowest BCUT2D eigenvalue weighted by molar-refractivity contribution is 0.324. The van der Waals surface area contributed by atoms with Crippen LogP contribution in [0.15, 0.2) is 42.6 Å². The van der Waals surface area contributed by atoms with Crippen LogP contribution in [0.5, 0.6) is 17.2 Å². The molecule has 0 amide bonds. The maximum atomic E-state index is 13.7. The Morgan fingerprint density at radius 3 is 2.33 bits per heavy atom. The summed E-state index contributed by atoms with van der Waals surface area (Å²) in [5, 5.41) is 4.14. The lowest BCUT2D eigenvalue weighted by atomic mass is 10.1. The van der Waals surface area contributed by atoms with Gasteiger partial charge in [-0.1, -0.05) is 18.2 Å². The molecule has 3 rings (SSSR count). The van der Waals surface area contributed by atoms with Gasteiger partial charge in [0.05, 0.1) is 26.2 Å². The predicted molar refractivity (Wildman–Crippen MR) is 104 cm³/mol. The summed E-state index contributed by atoms with van der Waals surface area (Å²) in [6.45, 7) is 1.01. The minimum Gasteiger partial charge on any atom is -0.493 e. The molecule has 0 atom stereocenters. The van der Waals surface area contributed by atoms with Gasteiger partial charge in [0.2, 0.25) is 5.75 Å². The van der Waals surface area contributed by atoms with Crippen molar-refractivity contribution in [2.45, 2.75) is 13.1 Å². The Bertz CT molecular complexity index is 889. The van der Waals surface area contributed by atoms with E-state index in [2.05, 4.69) is 10.3 Å². The Morgan fingerprint density at radius 1 is 1.00 bits per heavy atom. The van der Waals surface area contributed by atoms with E-state index >= 15 is 0 Å². The molecule has 1 N–H and O–H groups in total. The minimum absolute atomic E-state index is 0.206. The molecule has 3 aromatic rings. The van der Waals surface area contributed by atoms with Crippen molar-refractivity contribution < 1.29 is 18.6 Å². The number of thiazole rings is 1. The second kappa shape index (κ2) is 8.83. The van der Waals surface area contributed by atoms with Crippen molar-refractivity contribution in [1.82, 2.24) is 10.3 Å². The number of methoxy groups -OCH3 is 3. The van der Waals surface area contributed by atoms with Gasteiger partial charge >= 0.3 is 0 Å². The van der Waals surface area contributed by atoms with Gasteiger partial charge in [0.1, 0.15) is 10.8 Å². The molecule has 5 nitrogen and oxygen atoms in total. The van der Waals surface area contributed by atoms with Crippen molar-refractivity contribution in [3.05, 3.63) is 59.0 Å². The molecule has 0 bridgehead atoms. The second-order valence-electron chi connectivity index (χ2n) is 5.73. The molecular weight excluding hydrogens is 367 g/mol. The first-order chi connectivity index (χ1) is 13.2. The van der Waals surface area contributed by atoms with E-state index in [1.807, 2.05) is 24.4 Å². The molecule has 0 fully saturated rings. The predicted octanol–water partition coefficient (Wildman–Crippen LogP) is 4.26. The van der Waals surface area contributed by atoms with Crippen molar-refractivity contribution in [2.24, 2.45) is 0 Å². The first kappa shape index (κ1) is 19.1. The number of halogens is 1. The Morgan fingerprint density at radius 2 is 1.70 bits per heavy atom. The number of aromatic nitrogens is 1. The summed E-state index contributed by atoms with van der Waals surface area (Å²) in [5.41, 5.74) is 1.57. The first-order valence-corrected chi connectivity index (χ1v) is 9.17. The normalized spacial score (nSPS) is 10.7. The third kappa shape index (κ3) is 4.37. The van der Waals surface area contributed by atoms with Crippen LogP contribution < -0.4 is 19.5 Å². The lowest BCUT2D eigenvalue weighted by Gasteiger charge is -2.13. The monoisotopic (exact) mass is 388 g/mol. The molecule has 0 aliphatic rings. The molecule has 0 unspecified atom stereocenters. The Kier molecular flexibility index (Phi) is 6.26. The summed E-state index contributed by atoms with van der Waals surface area (Å²) in [6, 6.07) is 10.5. The SMILES string of the molecule is COc1cc(-c2cnc(CNCc3ccccc3F)s2)cc(OC)c1OC. The number of rotatable bonds is 8. The maximum absolute atomic E-state index is 13.7. The summed E-state index contributed by atoms with van der Waals surface area (Å²) < 4.78 is 29.8. The zero-order chi connectivity index (χ0) is 19.2. The Labute approximate surface area is 161 Å². The van der Waals surface area contributed by atoms with Gasteiger partial charge in [-0.3, -0.25) is 0 Å². The van der Waals surface area contributed by atoms with Crippen LogP contribution in [0, 0.1) is 5.82 Å². The third-order valence-corrected chi connectivity index (χ3v) is 5.10. The van der Waals surface area contributed by atoms with Gasteiger partial charge in [0.15, 0.2) is 11.5 Å². The van der Waals surface area contributed by atoms with Gasteiger partial charge in [-0.2, -0.15) is 0 Å². The highest BCUT2D eigenvalue weighted by atomic mass is 32.1. The third-order valence-electron chi connectivity index (χ3n) is 4.05. The fraction of sp³-hybridized carbons (Fsp3) is 0.250. The number of nitrogens with zero attached hydrogens (tertiary/aromatic N) is 1. The van der Waals surface area contributed by atoms with E-state index in [4.69, 9.17) is 14.2 Å². The summed E-state index contributed by atoms with van der Waals surface area (Å²) >= 11 is 1.56. The number of benzene rings is 2. The van der Waals surface area contributed by atoms with Gasteiger partial charge in [0, 0.05) is 30.4 Å². The van der Waals surface area contributed by atoms with Crippen LogP contribution >= 0.6 is 11.3 Å². The molecular formula is C20H21FN2O3S. The molecule has 0 aliphatic heterocycles. The van der Waals surface area contributed by atoms with E-state index in [0.29, 0.717) is 35.9 Å². The largest absolute Gasteiger partial charge is 0.493 e. The van der Waals surface area contributed by atoms with E-state index in [-0.39, 0.29) is 5.82 Å². The summed E-state index contributed by atoms with van der Waals surface area (Å²) in [7, 11) is 4.75. The molecule has 142 valence electrons. The first-order valence-electron chi connectivity index (χ1n) is 8.35. The Balaban J connectivity index is 1.73. The van der Waals surface area contributed by atoms with Crippen molar-refractivity contribution >= 4 is 11.3 Å². The maximum Gasteiger partial charge on any atom is 0.203 e. The van der Waals surface area contributed by atoms with Crippen molar-refractivity contribution in [3.8, 4) is 27.7 Å². The number of nitrogens with one attached hydrogen (secondary N) is 1. The molecule has 0 spiro atoms. The molecule has 7 heteroatoms. The second-order valence-corrected chi connectivity index (χ2v) is 6.84. The average molecular weight is 388 g/mol. The standard InChI is InChI=1S/C20H21FN2O3S/c1-24-16-8-14(9-17(25-2)20(16)26-3)18-11-23-19(27-18)12-22-10-13-6-4-5-7-15(13)21/h4-9,11,22H,10,12H2,1-3H3. The highest BCUT2D eigenvalue weighted by molar-refractivity contribution is 7.15. The van der Waals surface area contributed by atoms with E-state index in [1.54, 1.807) is 44.8 Å². The van der Waals surface area contributed by atoms with E-state index in [9.17, 15) is 4.39 Å². The van der Waals surface area contributed by atoms with Crippen molar-refractivity contribution in [3.63, 3.8) is 0 Å². The summed E-state index contributed by atoms with van der Waals surface area (Å²) in [5.74, 6) is 1.54. The molecule has 0 saturated carbocycles. The number of hydrogen-bond acceptors (Lipinski definition) is 6. The van der Waals surface area contributed by atoms with Gasteiger partial charge in [-0.15, -0.1) is 11.3 Å². The van der Waals surface area contributed by atoms with Crippen LogP contribution in [0.25, 0.3) is 10.4 Å². The zero-order valence-corrected chi connectivity index (χ0v) is 16.2. The fourth-order valence-electron chi connectivity index (χ4n) is 2.69. The van der Waals surface area contributed by atoms with E-state index in [0.717, 1.165) is 15.4 Å². The Hall–Kier alpha value is -2.64. The topological polar surface area (TPSA) is 52.6 Å². The summed E-state index contributed by atoms with van der Waals surface area (Å²) in [4.78, 5) is 5.43. The van der Waals surface area contributed by atoms with Crippen molar-refractivity contribution in [1.29, 1.82) is 0 Å².